The molecule has 0 radical (unpaired) electrons. The minimum atomic E-state index is -0.732. The summed E-state index contributed by atoms with van der Waals surface area (Å²) in [5, 5.41) is 34.8. The predicted octanol–water partition coefficient (Wildman–Crippen LogP) is 2.05. The van der Waals surface area contributed by atoms with E-state index in [2.05, 4.69) is 10.5 Å². The topological polar surface area (TPSA) is 157 Å². The number of nitro groups is 2. The number of aromatic hydroxyl groups is 1. The van der Waals surface area contributed by atoms with E-state index in [1.807, 2.05) is 0 Å². The molecule has 11 heteroatoms. The lowest BCUT2D eigenvalue weighted by Crippen LogP contribution is -2.24. The molecule has 0 fully saturated rings. The molecule has 0 saturated heterocycles. The Labute approximate surface area is 152 Å². The first kappa shape index (κ1) is 19.3. The minimum absolute atomic E-state index is 0.0182. The van der Waals surface area contributed by atoms with Crippen LogP contribution < -0.4 is 10.2 Å². The molecule has 2 aromatic rings. The molecule has 0 saturated carbocycles. The van der Waals surface area contributed by atoms with Crippen molar-refractivity contribution in [1.29, 1.82) is 0 Å². The number of hydrazone groups is 1. The Morgan fingerprint density at radius 2 is 1.89 bits per heavy atom. The largest absolute Gasteiger partial charge is 0.508 e. The van der Waals surface area contributed by atoms with Crippen LogP contribution in [-0.2, 0) is 4.79 Å². The van der Waals surface area contributed by atoms with E-state index in [-0.39, 0.29) is 28.4 Å². The summed E-state index contributed by atoms with van der Waals surface area (Å²) < 4.78 is 5.12. The van der Waals surface area contributed by atoms with E-state index < -0.39 is 22.4 Å². The lowest BCUT2D eigenvalue weighted by Gasteiger charge is -2.06. The third kappa shape index (κ3) is 5.22. The Hall–Kier alpha value is -4.02. The smallest absolute Gasteiger partial charge is 0.311 e. The Balaban J connectivity index is 2.00. The van der Waals surface area contributed by atoms with Crippen LogP contribution in [0, 0.1) is 27.2 Å². The highest BCUT2D eigenvalue weighted by Gasteiger charge is 2.16. The molecule has 11 nitrogen and oxygen atoms in total. The number of rotatable bonds is 7. The van der Waals surface area contributed by atoms with Crippen LogP contribution >= 0.6 is 0 Å². The number of carbonyl (C=O) groups excluding carboxylic acids is 1. The fraction of sp³-hybridized carbons (Fsp3) is 0.125. The molecule has 0 aliphatic carbocycles. The van der Waals surface area contributed by atoms with Gasteiger partial charge < -0.3 is 9.84 Å². The monoisotopic (exact) mass is 374 g/mol. The standard InChI is InChI=1S/C16H14N4O7/c1-10-2-5-15(14(6-10)20(25)26)27-9-16(22)18-17-8-11-7-12(21)3-4-13(11)19(23)24/h2-8,21H,9H2,1H3,(H,18,22). The van der Waals surface area contributed by atoms with Crippen LogP contribution in [0.5, 0.6) is 11.5 Å². The fourth-order valence-corrected chi connectivity index (χ4v) is 2.05. The van der Waals surface area contributed by atoms with Crippen molar-refractivity contribution < 1.29 is 24.5 Å². The molecule has 0 heterocycles. The van der Waals surface area contributed by atoms with Crippen LogP contribution in [0.4, 0.5) is 11.4 Å². The van der Waals surface area contributed by atoms with E-state index in [9.17, 15) is 30.1 Å². The van der Waals surface area contributed by atoms with Gasteiger partial charge >= 0.3 is 5.69 Å². The third-order valence-electron chi connectivity index (χ3n) is 3.27. The zero-order valence-corrected chi connectivity index (χ0v) is 14.0. The minimum Gasteiger partial charge on any atom is -0.508 e. The molecule has 0 aliphatic heterocycles. The number of ether oxygens (including phenoxy) is 1. The van der Waals surface area contributed by atoms with Gasteiger partial charge in [0, 0.05) is 12.1 Å². The van der Waals surface area contributed by atoms with Crippen LogP contribution in [0.25, 0.3) is 0 Å². The number of nitrogens with zero attached hydrogens (tertiary/aromatic N) is 3. The summed E-state index contributed by atoms with van der Waals surface area (Å²) in [7, 11) is 0. The number of hydrogen-bond acceptors (Lipinski definition) is 8. The zero-order chi connectivity index (χ0) is 20.0. The average Bonchev–Trinajstić information content (AvgIpc) is 2.60. The van der Waals surface area contributed by atoms with Gasteiger partial charge in [0.1, 0.15) is 5.75 Å². The summed E-state index contributed by atoms with van der Waals surface area (Å²) in [6.07, 6.45) is 0.990. The molecule has 27 heavy (non-hydrogen) atoms. The van der Waals surface area contributed by atoms with Crippen molar-refractivity contribution in [1.82, 2.24) is 5.43 Å². The molecule has 0 atom stereocenters. The molecule has 2 N–H and O–H groups in total. The molecule has 0 unspecified atom stereocenters. The average molecular weight is 374 g/mol. The summed E-state index contributed by atoms with van der Waals surface area (Å²) >= 11 is 0. The maximum absolute atomic E-state index is 11.7. The molecule has 1 amide bonds. The van der Waals surface area contributed by atoms with Crippen LogP contribution in [-0.4, -0.2) is 33.7 Å². The van der Waals surface area contributed by atoms with Gasteiger partial charge in [-0.1, -0.05) is 6.07 Å². The molecule has 0 aromatic heterocycles. The van der Waals surface area contributed by atoms with Crippen molar-refractivity contribution in [2.45, 2.75) is 6.92 Å². The number of benzene rings is 2. The summed E-state index contributed by atoms with van der Waals surface area (Å²) in [5.74, 6) is -1.01. The Bertz CT molecular complexity index is 927. The van der Waals surface area contributed by atoms with Gasteiger partial charge in [-0.2, -0.15) is 5.10 Å². The van der Waals surface area contributed by atoms with E-state index in [1.165, 1.54) is 12.1 Å². The highest BCUT2D eigenvalue weighted by atomic mass is 16.6. The second-order valence-electron chi connectivity index (χ2n) is 5.31. The van der Waals surface area contributed by atoms with E-state index in [4.69, 9.17) is 4.74 Å². The van der Waals surface area contributed by atoms with Crippen molar-refractivity contribution in [2.24, 2.45) is 5.10 Å². The van der Waals surface area contributed by atoms with Crippen molar-refractivity contribution in [3.63, 3.8) is 0 Å². The number of hydrogen-bond donors (Lipinski definition) is 2. The van der Waals surface area contributed by atoms with Gasteiger partial charge in [-0.3, -0.25) is 25.0 Å². The van der Waals surface area contributed by atoms with Gasteiger partial charge in [-0.25, -0.2) is 5.43 Å². The summed E-state index contributed by atoms with van der Waals surface area (Å²) in [4.78, 5) is 32.3. The Morgan fingerprint density at radius 1 is 1.19 bits per heavy atom. The molecular formula is C16H14N4O7. The molecule has 140 valence electrons. The first-order valence-corrected chi connectivity index (χ1v) is 7.45. The number of carbonyl (C=O) groups is 1. The van der Waals surface area contributed by atoms with Gasteiger partial charge in [-0.15, -0.1) is 0 Å². The lowest BCUT2D eigenvalue weighted by atomic mass is 10.2. The van der Waals surface area contributed by atoms with Crippen LogP contribution in [0.15, 0.2) is 41.5 Å². The van der Waals surface area contributed by atoms with Crippen molar-refractivity contribution in [2.75, 3.05) is 6.61 Å². The highest BCUT2D eigenvalue weighted by molar-refractivity contribution is 5.87. The zero-order valence-electron chi connectivity index (χ0n) is 14.0. The van der Waals surface area contributed by atoms with Crippen LogP contribution in [0.3, 0.4) is 0 Å². The quantitative estimate of drug-likeness (QED) is 0.426. The number of aryl methyl sites for hydroxylation is 1. The summed E-state index contributed by atoms with van der Waals surface area (Å²) in [6.45, 7) is 1.13. The number of amides is 1. The second kappa shape index (κ2) is 8.38. The molecule has 0 spiro atoms. The number of phenols is 1. The van der Waals surface area contributed by atoms with Gasteiger partial charge in [-0.05, 0) is 30.7 Å². The summed E-state index contributed by atoms with van der Waals surface area (Å²) in [6, 6.07) is 7.64. The lowest BCUT2D eigenvalue weighted by molar-refractivity contribution is -0.385. The van der Waals surface area contributed by atoms with Gasteiger partial charge in [0.25, 0.3) is 11.6 Å². The van der Waals surface area contributed by atoms with E-state index in [0.29, 0.717) is 5.56 Å². The van der Waals surface area contributed by atoms with E-state index in [0.717, 1.165) is 24.4 Å². The van der Waals surface area contributed by atoms with Crippen LogP contribution in [0.2, 0.25) is 0 Å². The highest BCUT2D eigenvalue weighted by Crippen LogP contribution is 2.27. The second-order valence-corrected chi connectivity index (χ2v) is 5.31. The van der Waals surface area contributed by atoms with Crippen molar-refractivity contribution >= 4 is 23.5 Å². The summed E-state index contributed by atoms with van der Waals surface area (Å²) in [5.41, 5.74) is 2.14. The van der Waals surface area contributed by atoms with Crippen molar-refractivity contribution in [3.05, 3.63) is 67.8 Å². The maximum Gasteiger partial charge on any atom is 0.311 e. The predicted molar refractivity (Wildman–Crippen MR) is 93.8 cm³/mol. The normalized spacial score (nSPS) is 10.6. The molecular weight excluding hydrogens is 360 g/mol. The number of nitrogens with one attached hydrogen (secondary N) is 1. The molecule has 0 bridgehead atoms. The van der Waals surface area contributed by atoms with E-state index >= 15 is 0 Å². The number of nitro benzene ring substituents is 2. The molecule has 2 rings (SSSR count). The van der Waals surface area contributed by atoms with Crippen molar-refractivity contribution in [3.8, 4) is 11.5 Å². The maximum atomic E-state index is 11.7. The third-order valence-corrected chi connectivity index (χ3v) is 3.27. The first-order chi connectivity index (χ1) is 12.8. The number of phenolic OH excluding ortho intramolecular Hbond substituents is 1. The molecule has 2 aromatic carbocycles. The van der Waals surface area contributed by atoms with Gasteiger partial charge in [0.2, 0.25) is 0 Å². The Morgan fingerprint density at radius 3 is 2.56 bits per heavy atom. The van der Waals surface area contributed by atoms with Gasteiger partial charge in [0.05, 0.1) is 21.6 Å². The van der Waals surface area contributed by atoms with Crippen LogP contribution in [0.1, 0.15) is 11.1 Å². The van der Waals surface area contributed by atoms with Gasteiger partial charge in [0.15, 0.2) is 12.4 Å². The Kier molecular flexibility index (Phi) is 5.99. The molecule has 0 aliphatic rings. The van der Waals surface area contributed by atoms with E-state index in [1.54, 1.807) is 13.0 Å². The fourth-order valence-electron chi connectivity index (χ4n) is 2.05. The SMILES string of the molecule is Cc1ccc(OCC(=O)NN=Cc2cc(O)ccc2[N+](=O)[O-])c([N+](=O)[O-])c1. The first-order valence-electron chi connectivity index (χ1n) is 7.45.